The van der Waals surface area contributed by atoms with E-state index in [-0.39, 0.29) is 5.69 Å². The second-order valence-electron chi connectivity index (χ2n) is 4.74. The van der Waals surface area contributed by atoms with E-state index in [1.807, 2.05) is 4.98 Å². The van der Waals surface area contributed by atoms with Crippen LogP contribution in [0.4, 0.5) is 0 Å². The van der Waals surface area contributed by atoms with Gasteiger partial charge in [-0.3, -0.25) is 14.3 Å². The highest BCUT2D eigenvalue weighted by atomic mass is 16.5. The van der Waals surface area contributed by atoms with Crippen molar-refractivity contribution >= 4 is 0 Å². The van der Waals surface area contributed by atoms with Crippen molar-refractivity contribution in [3.63, 3.8) is 0 Å². The van der Waals surface area contributed by atoms with Gasteiger partial charge in [-0.25, -0.2) is 4.79 Å². The van der Waals surface area contributed by atoms with E-state index in [4.69, 9.17) is 13.2 Å². The van der Waals surface area contributed by atoms with Crippen molar-refractivity contribution in [2.45, 2.75) is 37.8 Å². The van der Waals surface area contributed by atoms with Gasteiger partial charge >= 0.3 is 5.69 Å². The van der Waals surface area contributed by atoms with Gasteiger partial charge in [-0.2, -0.15) is 0 Å². The van der Waals surface area contributed by atoms with E-state index < -0.39 is 41.8 Å². The lowest BCUT2D eigenvalue weighted by atomic mass is 9.91. The number of nitrogens with two attached hydrogens (primary N) is 1. The van der Waals surface area contributed by atoms with Crippen LogP contribution in [-0.2, 0) is 4.74 Å². The molecule has 8 nitrogen and oxygen atoms in total. The minimum Gasteiger partial charge on any atom is -0.394 e. The van der Waals surface area contributed by atoms with Crippen molar-refractivity contribution < 1.29 is 17.7 Å². The fraction of sp³-hybridized carbons (Fsp3) is 0.538. The Hall–Kier alpha value is -1.92. The van der Waals surface area contributed by atoms with Gasteiger partial charge in [0.25, 0.3) is 5.56 Å². The summed E-state index contributed by atoms with van der Waals surface area (Å²) in [6.07, 6.45) is -4.84. The number of ether oxygens (including phenoxy) is 1. The number of aromatic nitrogens is 2. The first-order valence-corrected chi connectivity index (χ1v) is 6.13. The first-order chi connectivity index (χ1) is 10.5. The van der Waals surface area contributed by atoms with E-state index in [0.717, 1.165) is 10.6 Å². The van der Waals surface area contributed by atoms with Gasteiger partial charge in [0.2, 0.25) is 0 Å². The molecule has 0 aromatic carbocycles. The lowest BCUT2D eigenvalue weighted by Gasteiger charge is -2.28. The standard InChI is InChI=1S/C13H17N3O5/c1-3-4-13(14)10(19)8(6-17)21-11(13)16-7(2)5-9(18)15-12(16)20/h5,8,10-11,17,19H,6,14H2,1-2H3,(H,15,18,20)/t8-,10+,11-,13?/m1/s1/i6D2. The van der Waals surface area contributed by atoms with Crippen LogP contribution in [-0.4, -0.2) is 44.1 Å². The Kier molecular flexibility index (Phi) is 3.33. The number of nitrogens with zero attached hydrogens (tertiary/aromatic N) is 1. The average Bonchev–Trinajstić information content (AvgIpc) is 2.63. The fourth-order valence-corrected chi connectivity index (χ4v) is 2.36. The van der Waals surface area contributed by atoms with Gasteiger partial charge in [0.05, 0.1) is 9.30 Å². The van der Waals surface area contributed by atoms with Gasteiger partial charge in [0.15, 0.2) is 11.8 Å². The molecule has 1 saturated heterocycles. The fourth-order valence-electron chi connectivity index (χ4n) is 2.36. The van der Waals surface area contributed by atoms with Crippen LogP contribution >= 0.6 is 0 Å². The van der Waals surface area contributed by atoms with E-state index in [2.05, 4.69) is 11.8 Å². The molecule has 1 aliphatic heterocycles. The van der Waals surface area contributed by atoms with E-state index in [9.17, 15) is 19.8 Å². The van der Waals surface area contributed by atoms with Gasteiger partial charge in [-0.05, 0) is 13.8 Å². The minimum atomic E-state index is -2.91. The Bertz CT molecular complexity index is 788. The number of rotatable bonds is 2. The zero-order chi connectivity index (χ0) is 17.6. The maximum Gasteiger partial charge on any atom is 0.330 e. The molecule has 2 heterocycles. The summed E-state index contributed by atoms with van der Waals surface area (Å²) in [7, 11) is 0. The molecule has 0 radical (unpaired) electrons. The van der Waals surface area contributed by atoms with Crippen LogP contribution in [0.3, 0.4) is 0 Å². The molecule has 2 rings (SSSR count). The molecule has 1 fully saturated rings. The maximum atomic E-state index is 12.1. The summed E-state index contributed by atoms with van der Waals surface area (Å²) < 4.78 is 21.0. The normalized spacial score (nSPS) is 33.9. The average molecular weight is 297 g/mol. The predicted octanol–water partition coefficient (Wildman–Crippen LogP) is -2.18. The monoisotopic (exact) mass is 297 g/mol. The summed E-state index contributed by atoms with van der Waals surface area (Å²) in [6.45, 7) is -0.0111. The smallest absolute Gasteiger partial charge is 0.330 e. The largest absolute Gasteiger partial charge is 0.394 e. The van der Waals surface area contributed by atoms with Crippen molar-refractivity contribution in [1.29, 1.82) is 0 Å². The molecule has 21 heavy (non-hydrogen) atoms. The highest BCUT2D eigenvalue weighted by molar-refractivity contribution is 5.25. The summed E-state index contributed by atoms with van der Waals surface area (Å²) in [6, 6.07) is 1.12. The molecule has 0 amide bonds. The lowest BCUT2D eigenvalue weighted by molar-refractivity contribution is -0.0484. The zero-order valence-electron chi connectivity index (χ0n) is 13.5. The molecule has 8 heteroatoms. The van der Waals surface area contributed by atoms with Gasteiger partial charge in [0, 0.05) is 11.8 Å². The quantitative estimate of drug-likeness (QED) is 0.459. The third-order valence-electron chi connectivity index (χ3n) is 3.33. The number of H-pyrrole nitrogens is 1. The molecular weight excluding hydrogens is 278 g/mol. The van der Waals surface area contributed by atoms with Crippen LogP contribution < -0.4 is 17.0 Å². The highest BCUT2D eigenvalue weighted by Crippen LogP contribution is 2.35. The number of nitrogens with one attached hydrogen (secondary N) is 1. The Labute approximate surface area is 123 Å². The van der Waals surface area contributed by atoms with Crippen LogP contribution in [0.25, 0.3) is 0 Å². The number of hydrogen-bond acceptors (Lipinski definition) is 6. The van der Waals surface area contributed by atoms with Crippen LogP contribution in [0.15, 0.2) is 15.7 Å². The van der Waals surface area contributed by atoms with Gasteiger partial charge < -0.3 is 20.7 Å². The van der Waals surface area contributed by atoms with Crippen molar-refractivity contribution in [3.05, 3.63) is 32.6 Å². The van der Waals surface area contributed by atoms with Crippen LogP contribution in [0.1, 0.15) is 21.6 Å². The summed E-state index contributed by atoms with van der Waals surface area (Å²) in [5.41, 5.74) is 2.93. The molecule has 0 aliphatic carbocycles. The number of aryl methyl sites for hydroxylation is 1. The molecule has 5 N–H and O–H groups in total. The van der Waals surface area contributed by atoms with E-state index in [1.54, 1.807) is 0 Å². The van der Waals surface area contributed by atoms with Crippen LogP contribution in [0.2, 0.25) is 0 Å². The zero-order valence-corrected chi connectivity index (χ0v) is 11.5. The Balaban J connectivity index is 2.67. The van der Waals surface area contributed by atoms with Crippen LogP contribution in [0, 0.1) is 18.8 Å². The molecular formula is C13H17N3O5. The van der Waals surface area contributed by atoms with Crippen molar-refractivity contribution in [2.75, 3.05) is 6.56 Å². The third kappa shape index (κ3) is 2.41. The second kappa shape index (κ2) is 5.46. The molecule has 1 aromatic heterocycles. The maximum absolute atomic E-state index is 12.1. The molecule has 0 bridgehead atoms. The van der Waals surface area contributed by atoms with Gasteiger partial charge in [-0.1, -0.05) is 5.92 Å². The number of aliphatic hydroxyl groups excluding tert-OH is 1. The highest BCUT2D eigenvalue weighted by Gasteiger charge is 2.54. The first kappa shape index (κ1) is 12.8. The number of aliphatic hydroxyl groups is 2. The second-order valence-corrected chi connectivity index (χ2v) is 4.74. The van der Waals surface area contributed by atoms with E-state index >= 15 is 0 Å². The molecule has 1 unspecified atom stereocenters. The molecule has 1 aromatic rings. The van der Waals surface area contributed by atoms with Gasteiger partial charge in [0.1, 0.15) is 12.2 Å². The van der Waals surface area contributed by atoms with E-state index in [1.165, 1.54) is 13.8 Å². The minimum absolute atomic E-state index is 0.183. The summed E-state index contributed by atoms with van der Waals surface area (Å²) >= 11 is 0. The van der Waals surface area contributed by atoms with Crippen molar-refractivity contribution in [3.8, 4) is 11.8 Å². The molecule has 0 spiro atoms. The molecule has 1 aliphatic rings. The Morgan fingerprint density at radius 1 is 1.67 bits per heavy atom. The molecule has 114 valence electrons. The SMILES string of the molecule is [2H]C([2H])(O)[C@H]1O[C@@H](n2c(C)cc(=O)[nH]c2=O)C(N)(C#CC)[C@H]1O. The van der Waals surface area contributed by atoms with Crippen molar-refractivity contribution in [1.82, 2.24) is 9.55 Å². The Morgan fingerprint density at radius 3 is 2.86 bits per heavy atom. The first-order valence-electron chi connectivity index (χ1n) is 7.13. The Morgan fingerprint density at radius 2 is 2.33 bits per heavy atom. The number of hydrogen-bond donors (Lipinski definition) is 4. The summed E-state index contributed by atoms with van der Waals surface area (Å²) in [5.74, 6) is 5.01. The van der Waals surface area contributed by atoms with Crippen LogP contribution in [0.5, 0.6) is 0 Å². The van der Waals surface area contributed by atoms with Gasteiger partial charge in [-0.15, -0.1) is 5.92 Å². The third-order valence-corrected chi connectivity index (χ3v) is 3.33. The number of aromatic amines is 1. The summed E-state index contributed by atoms with van der Waals surface area (Å²) in [4.78, 5) is 25.5. The topological polar surface area (TPSA) is 131 Å². The van der Waals surface area contributed by atoms with Crippen molar-refractivity contribution in [2.24, 2.45) is 5.73 Å². The predicted molar refractivity (Wildman–Crippen MR) is 73.4 cm³/mol. The molecule has 0 saturated carbocycles. The van der Waals surface area contributed by atoms with E-state index in [0.29, 0.717) is 0 Å². The molecule has 4 atom stereocenters. The summed E-state index contributed by atoms with van der Waals surface area (Å²) in [5, 5.41) is 19.8. The lowest BCUT2D eigenvalue weighted by Crippen LogP contribution is -2.55.